The molecule has 2 amide bonds. The van der Waals surface area contributed by atoms with E-state index in [0.717, 1.165) is 12.8 Å². The highest BCUT2D eigenvalue weighted by molar-refractivity contribution is 7.13. The lowest BCUT2D eigenvalue weighted by atomic mass is 9.52. The van der Waals surface area contributed by atoms with Crippen molar-refractivity contribution >= 4 is 34.1 Å². The molecule has 3 atom stereocenters. The van der Waals surface area contributed by atoms with E-state index in [1.54, 1.807) is 23.4 Å². The van der Waals surface area contributed by atoms with Crippen molar-refractivity contribution in [2.75, 3.05) is 11.9 Å². The quantitative estimate of drug-likeness (QED) is 0.872. The number of anilines is 1. The smallest absolute Gasteiger partial charge is 0.248 e. The first-order valence-corrected chi connectivity index (χ1v) is 9.69. The van der Waals surface area contributed by atoms with Gasteiger partial charge in [-0.1, -0.05) is 13.8 Å². The highest BCUT2D eigenvalue weighted by Gasteiger charge is 2.51. The van der Waals surface area contributed by atoms with E-state index in [9.17, 15) is 14.4 Å². The maximum absolute atomic E-state index is 12.8. The molecule has 1 unspecified atom stereocenters. The molecule has 1 aliphatic heterocycles. The lowest BCUT2D eigenvalue weighted by Crippen LogP contribution is -2.51. The molecule has 1 aromatic heterocycles. The second-order valence-corrected chi connectivity index (χ2v) is 8.59. The van der Waals surface area contributed by atoms with E-state index >= 15 is 0 Å². The Morgan fingerprint density at radius 3 is 2.76 bits per heavy atom. The number of likely N-dealkylation sites (tertiary alicyclic amines) is 1. The number of aromatic nitrogens is 1. The number of carbonyl (C=O) groups is 3. The van der Waals surface area contributed by atoms with E-state index in [1.165, 1.54) is 11.3 Å². The van der Waals surface area contributed by atoms with Crippen LogP contribution in [0, 0.1) is 17.3 Å². The maximum atomic E-state index is 12.8. The van der Waals surface area contributed by atoms with Crippen molar-refractivity contribution in [3.63, 3.8) is 0 Å². The lowest BCUT2D eigenvalue weighted by Gasteiger charge is -2.51. The van der Waals surface area contributed by atoms with Crippen molar-refractivity contribution in [2.24, 2.45) is 17.3 Å². The summed E-state index contributed by atoms with van der Waals surface area (Å²) in [5.41, 5.74) is -0.139. The third-order valence-electron chi connectivity index (χ3n) is 5.92. The lowest BCUT2D eigenvalue weighted by molar-refractivity contribution is -0.146. The highest BCUT2D eigenvalue weighted by Crippen LogP contribution is 2.53. The zero-order valence-electron chi connectivity index (χ0n) is 14.9. The van der Waals surface area contributed by atoms with E-state index in [4.69, 9.17) is 0 Å². The minimum Gasteiger partial charge on any atom is -0.331 e. The number of amides is 2. The van der Waals surface area contributed by atoms with Gasteiger partial charge in [0.25, 0.3) is 0 Å². The Kier molecular flexibility index (Phi) is 4.95. The van der Waals surface area contributed by atoms with Crippen LogP contribution in [0.25, 0.3) is 0 Å². The largest absolute Gasteiger partial charge is 0.331 e. The first-order chi connectivity index (χ1) is 11.8. The molecule has 1 saturated heterocycles. The SMILES string of the molecule is CC(=O)[C@@H]1C[C@H](CC(=O)N2CCCC2C(=O)Nc2nccs2)C1(C)C. The molecule has 1 saturated carbocycles. The van der Waals surface area contributed by atoms with Crippen LogP contribution in [0.2, 0.25) is 0 Å². The topological polar surface area (TPSA) is 79.4 Å². The summed E-state index contributed by atoms with van der Waals surface area (Å²) >= 11 is 1.37. The number of nitrogens with zero attached hydrogens (tertiary/aromatic N) is 2. The molecule has 136 valence electrons. The number of Topliss-reactive ketones (excluding diaryl/α,β-unsaturated/α-hetero) is 1. The fraction of sp³-hybridized carbons (Fsp3) is 0.667. The molecule has 2 aliphatic rings. The Bertz CT molecular complexity index is 671. The van der Waals surface area contributed by atoms with Crippen LogP contribution in [0.1, 0.15) is 46.5 Å². The summed E-state index contributed by atoms with van der Waals surface area (Å²) < 4.78 is 0. The number of thiazole rings is 1. The molecule has 0 aromatic carbocycles. The van der Waals surface area contributed by atoms with E-state index < -0.39 is 6.04 Å². The highest BCUT2D eigenvalue weighted by atomic mass is 32.1. The molecule has 2 fully saturated rings. The molecule has 6 nitrogen and oxygen atoms in total. The summed E-state index contributed by atoms with van der Waals surface area (Å²) in [5, 5.41) is 5.16. The van der Waals surface area contributed by atoms with Crippen LogP contribution in [0.3, 0.4) is 0 Å². The molecule has 7 heteroatoms. The molecule has 0 radical (unpaired) electrons. The van der Waals surface area contributed by atoms with Crippen molar-refractivity contribution in [1.82, 2.24) is 9.88 Å². The number of carbonyl (C=O) groups excluding carboxylic acids is 3. The average molecular weight is 363 g/mol. The minimum atomic E-state index is -0.414. The Hall–Kier alpha value is -1.76. The van der Waals surface area contributed by atoms with Crippen molar-refractivity contribution < 1.29 is 14.4 Å². The van der Waals surface area contributed by atoms with Gasteiger partial charge in [-0.25, -0.2) is 4.98 Å². The summed E-state index contributed by atoms with van der Waals surface area (Å²) in [6, 6.07) is -0.414. The molecular formula is C18H25N3O3S. The van der Waals surface area contributed by atoms with Gasteiger partial charge >= 0.3 is 0 Å². The summed E-state index contributed by atoms with van der Waals surface area (Å²) in [7, 11) is 0. The molecule has 0 spiro atoms. The molecular weight excluding hydrogens is 338 g/mol. The third-order valence-corrected chi connectivity index (χ3v) is 6.61. The van der Waals surface area contributed by atoms with Crippen LogP contribution in [0.5, 0.6) is 0 Å². The molecule has 0 bridgehead atoms. The third kappa shape index (κ3) is 3.47. The standard InChI is InChI=1S/C18H25N3O3S/c1-11(22)13-9-12(18(13,2)3)10-15(23)21-7-4-5-14(21)16(24)20-17-19-6-8-25-17/h6,8,12-14H,4-5,7,9-10H2,1-3H3,(H,19,20,24)/t12-,13+,14?/m1/s1. The van der Waals surface area contributed by atoms with Gasteiger partial charge in [0.15, 0.2) is 5.13 Å². The molecule has 25 heavy (non-hydrogen) atoms. The van der Waals surface area contributed by atoms with Crippen LogP contribution < -0.4 is 5.32 Å². The molecule has 1 aliphatic carbocycles. The van der Waals surface area contributed by atoms with Crippen LogP contribution in [-0.4, -0.2) is 40.1 Å². The van der Waals surface area contributed by atoms with Gasteiger partial charge in [-0.3, -0.25) is 14.4 Å². The first kappa shape index (κ1) is 18.0. The minimum absolute atomic E-state index is 0.0249. The molecule has 3 rings (SSSR count). The Balaban J connectivity index is 1.60. The van der Waals surface area contributed by atoms with Gasteiger partial charge in [0.2, 0.25) is 11.8 Å². The van der Waals surface area contributed by atoms with E-state index in [0.29, 0.717) is 24.5 Å². The monoisotopic (exact) mass is 363 g/mol. The maximum Gasteiger partial charge on any atom is 0.248 e. The summed E-state index contributed by atoms with van der Waals surface area (Å²) in [5.74, 6) is 0.327. The van der Waals surface area contributed by atoms with Gasteiger partial charge in [0, 0.05) is 30.5 Å². The van der Waals surface area contributed by atoms with Crippen molar-refractivity contribution in [1.29, 1.82) is 0 Å². The molecule has 1 N–H and O–H groups in total. The first-order valence-electron chi connectivity index (χ1n) is 8.81. The fourth-order valence-electron chi connectivity index (χ4n) is 4.19. The predicted molar refractivity (Wildman–Crippen MR) is 96.2 cm³/mol. The zero-order valence-corrected chi connectivity index (χ0v) is 15.8. The van der Waals surface area contributed by atoms with Crippen LogP contribution in [-0.2, 0) is 14.4 Å². The summed E-state index contributed by atoms with van der Waals surface area (Å²) in [6.45, 7) is 6.39. The Morgan fingerprint density at radius 1 is 1.40 bits per heavy atom. The van der Waals surface area contributed by atoms with E-state index in [1.807, 2.05) is 0 Å². The number of hydrogen-bond acceptors (Lipinski definition) is 5. The Morgan fingerprint density at radius 2 is 2.16 bits per heavy atom. The predicted octanol–water partition coefficient (Wildman–Crippen LogP) is 2.71. The van der Waals surface area contributed by atoms with Crippen molar-refractivity contribution in [2.45, 2.75) is 52.5 Å². The van der Waals surface area contributed by atoms with E-state index in [-0.39, 0.29) is 34.8 Å². The van der Waals surface area contributed by atoms with Crippen LogP contribution in [0.15, 0.2) is 11.6 Å². The van der Waals surface area contributed by atoms with Crippen LogP contribution in [0.4, 0.5) is 5.13 Å². The van der Waals surface area contributed by atoms with Gasteiger partial charge < -0.3 is 10.2 Å². The number of rotatable bonds is 5. The van der Waals surface area contributed by atoms with Crippen molar-refractivity contribution in [3.8, 4) is 0 Å². The molecule has 1 aromatic rings. The zero-order chi connectivity index (χ0) is 18.2. The number of nitrogens with one attached hydrogen (secondary N) is 1. The Labute approximate surface area is 152 Å². The van der Waals surface area contributed by atoms with Crippen molar-refractivity contribution in [3.05, 3.63) is 11.6 Å². The van der Waals surface area contributed by atoms with Gasteiger partial charge in [0.1, 0.15) is 11.8 Å². The van der Waals surface area contributed by atoms with Gasteiger partial charge in [-0.15, -0.1) is 11.3 Å². The molecule has 2 heterocycles. The van der Waals surface area contributed by atoms with Crippen LogP contribution >= 0.6 is 11.3 Å². The normalized spacial score (nSPS) is 27.6. The number of hydrogen-bond donors (Lipinski definition) is 1. The van der Waals surface area contributed by atoms with E-state index in [2.05, 4.69) is 24.1 Å². The van der Waals surface area contributed by atoms with Gasteiger partial charge in [0.05, 0.1) is 0 Å². The second-order valence-electron chi connectivity index (χ2n) is 7.69. The number of ketones is 1. The summed E-state index contributed by atoms with van der Waals surface area (Å²) in [4.78, 5) is 42.7. The fourth-order valence-corrected chi connectivity index (χ4v) is 4.72. The average Bonchev–Trinajstić information content (AvgIpc) is 3.21. The second kappa shape index (κ2) is 6.86. The van der Waals surface area contributed by atoms with Gasteiger partial charge in [-0.2, -0.15) is 0 Å². The van der Waals surface area contributed by atoms with Gasteiger partial charge in [-0.05, 0) is 37.5 Å². The summed E-state index contributed by atoms with van der Waals surface area (Å²) in [6.07, 6.45) is 4.36.